The van der Waals surface area contributed by atoms with Crippen LogP contribution in [0.15, 0.2) is 24.3 Å². The van der Waals surface area contributed by atoms with Crippen LogP contribution in [0.2, 0.25) is 0 Å². The number of aliphatic hydroxyl groups is 1. The average Bonchev–Trinajstić information content (AvgIpc) is 3.01. The summed E-state index contributed by atoms with van der Waals surface area (Å²) in [5.41, 5.74) is 1.26. The van der Waals surface area contributed by atoms with Gasteiger partial charge in [0.2, 0.25) is 0 Å². The molecule has 1 saturated carbocycles. The highest BCUT2D eigenvalue weighted by Crippen LogP contribution is 2.38. The number of benzene rings is 1. The third-order valence-corrected chi connectivity index (χ3v) is 4.34. The molecule has 20 heavy (non-hydrogen) atoms. The van der Waals surface area contributed by atoms with E-state index in [0.29, 0.717) is 12.0 Å². The monoisotopic (exact) mass is 277 g/mol. The largest absolute Gasteiger partial charge is 0.496 e. The van der Waals surface area contributed by atoms with Crippen LogP contribution in [0, 0.1) is 11.8 Å². The van der Waals surface area contributed by atoms with Gasteiger partial charge in [-0.05, 0) is 30.7 Å². The Bertz CT molecular complexity index is 402. The maximum atomic E-state index is 9.22. The van der Waals surface area contributed by atoms with Crippen molar-refractivity contribution in [2.24, 2.45) is 11.8 Å². The summed E-state index contributed by atoms with van der Waals surface area (Å²) in [6, 6.07) is 8.64. The van der Waals surface area contributed by atoms with Crippen LogP contribution < -0.4 is 10.1 Å². The van der Waals surface area contributed by atoms with Crippen LogP contribution in [0.3, 0.4) is 0 Å². The number of rotatable bonds is 7. The number of hydrogen-bond acceptors (Lipinski definition) is 3. The van der Waals surface area contributed by atoms with Crippen LogP contribution in [0.4, 0.5) is 0 Å². The molecule has 0 aliphatic heterocycles. The Morgan fingerprint density at radius 3 is 2.65 bits per heavy atom. The Hall–Kier alpha value is -1.06. The van der Waals surface area contributed by atoms with Crippen LogP contribution in [0.1, 0.15) is 44.2 Å². The Morgan fingerprint density at radius 2 is 2.00 bits per heavy atom. The van der Waals surface area contributed by atoms with Crippen LogP contribution in [-0.2, 0) is 0 Å². The number of aliphatic hydroxyl groups excluding tert-OH is 1. The fraction of sp³-hybridized carbons (Fsp3) is 0.647. The normalized spacial score (nSPS) is 18.9. The van der Waals surface area contributed by atoms with Gasteiger partial charge in [0.05, 0.1) is 7.11 Å². The van der Waals surface area contributed by atoms with Gasteiger partial charge in [-0.1, -0.05) is 38.0 Å². The van der Waals surface area contributed by atoms with Crippen molar-refractivity contribution in [2.75, 3.05) is 20.3 Å². The lowest BCUT2D eigenvalue weighted by molar-refractivity contribution is 0.223. The first-order valence-corrected chi connectivity index (χ1v) is 7.73. The van der Waals surface area contributed by atoms with E-state index >= 15 is 0 Å². The van der Waals surface area contributed by atoms with E-state index in [4.69, 9.17) is 4.74 Å². The topological polar surface area (TPSA) is 41.5 Å². The van der Waals surface area contributed by atoms with Crippen molar-refractivity contribution in [1.82, 2.24) is 5.32 Å². The minimum absolute atomic E-state index is 0.232. The molecule has 2 N–H and O–H groups in total. The SMILES string of the molecule is COc1ccccc1C(NCC(C)CO)C1CCCC1. The molecule has 1 aromatic carbocycles. The van der Waals surface area contributed by atoms with Gasteiger partial charge in [0, 0.05) is 24.8 Å². The van der Waals surface area contributed by atoms with Gasteiger partial charge < -0.3 is 15.2 Å². The third-order valence-electron chi connectivity index (χ3n) is 4.34. The molecule has 0 amide bonds. The zero-order valence-electron chi connectivity index (χ0n) is 12.6. The molecule has 0 heterocycles. The summed E-state index contributed by atoms with van der Waals surface area (Å²) in [6.45, 7) is 3.15. The fourth-order valence-corrected chi connectivity index (χ4v) is 3.14. The van der Waals surface area contributed by atoms with Gasteiger partial charge in [-0.25, -0.2) is 0 Å². The first kappa shape index (κ1) is 15.3. The zero-order valence-corrected chi connectivity index (χ0v) is 12.6. The maximum absolute atomic E-state index is 9.22. The van der Waals surface area contributed by atoms with Gasteiger partial charge in [-0.15, -0.1) is 0 Å². The van der Waals surface area contributed by atoms with E-state index in [1.165, 1.54) is 31.2 Å². The van der Waals surface area contributed by atoms with Crippen molar-refractivity contribution >= 4 is 0 Å². The van der Waals surface area contributed by atoms with E-state index in [9.17, 15) is 5.11 Å². The van der Waals surface area contributed by atoms with Crippen molar-refractivity contribution in [2.45, 2.75) is 38.6 Å². The predicted molar refractivity (Wildman–Crippen MR) is 81.9 cm³/mol. The van der Waals surface area contributed by atoms with E-state index < -0.39 is 0 Å². The molecule has 2 rings (SSSR count). The van der Waals surface area contributed by atoms with Gasteiger partial charge in [-0.2, -0.15) is 0 Å². The first-order valence-electron chi connectivity index (χ1n) is 7.73. The highest BCUT2D eigenvalue weighted by Gasteiger charge is 2.28. The number of hydrogen-bond donors (Lipinski definition) is 2. The van der Waals surface area contributed by atoms with Crippen LogP contribution in [0.5, 0.6) is 5.75 Å². The van der Waals surface area contributed by atoms with Crippen molar-refractivity contribution < 1.29 is 9.84 Å². The minimum Gasteiger partial charge on any atom is -0.496 e. The molecule has 2 unspecified atom stereocenters. The summed E-state index contributed by atoms with van der Waals surface area (Å²) in [7, 11) is 1.74. The molecule has 1 aliphatic carbocycles. The Balaban J connectivity index is 2.16. The van der Waals surface area contributed by atoms with E-state index in [0.717, 1.165) is 12.3 Å². The number of para-hydroxylation sites is 1. The summed E-state index contributed by atoms with van der Waals surface area (Å²) in [5.74, 6) is 1.93. The molecule has 1 aromatic rings. The number of methoxy groups -OCH3 is 1. The third kappa shape index (κ3) is 3.74. The maximum Gasteiger partial charge on any atom is 0.123 e. The average molecular weight is 277 g/mol. The van der Waals surface area contributed by atoms with Gasteiger partial charge in [-0.3, -0.25) is 0 Å². The summed E-state index contributed by atoms with van der Waals surface area (Å²) < 4.78 is 5.53. The summed E-state index contributed by atoms with van der Waals surface area (Å²) in [4.78, 5) is 0. The summed E-state index contributed by atoms with van der Waals surface area (Å²) >= 11 is 0. The molecule has 1 fully saturated rings. The lowest BCUT2D eigenvalue weighted by Gasteiger charge is -2.28. The first-order chi connectivity index (χ1) is 9.76. The molecule has 2 atom stereocenters. The second-order valence-corrected chi connectivity index (χ2v) is 5.96. The molecular formula is C17H27NO2. The lowest BCUT2D eigenvalue weighted by atomic mass is 9.90. The standard InChI is InChI=1S/C17H27NO2/c1-13(12-19)11-18-17(14-7-3-4-8-14)15-9-5-6-10-16(15)20-2/h5-6,9-10,13-14,17-19H,3-4,7-8,11-12H2,1-2H3. The second-order valence-electron chi connectivity index (χ2n) is 5.96. The number of nitrogens with one attached hydrogen (secondary N) is 1. The lowest BCUT2D eigenvalue weighted by Crippen LogP contribution is -2.32. The second kappa shape index (κ2) is 7.65. The smallest absolute Gasteiger partial charge is 0.123 e. The van der Waals surface area contributed by atoms with Crippen molar-refractivity contribution in [3.63, 3.8) is 0 Å². The molecular weight excluding hydrogens is 250 g/mol. The zero-order chi connectivity index (χ0) is 14.4. The van der Waals surface area contributed by atoms with Crippen LogP contribution >= 0.6 is 0 Å². The van der Waals surface area contributed by atoms with Crippen molar-refractivity contribution in [3.8, 4) is 5.75 Å². The minimum atomic E-state index is 0.232. The summed E-state index contributed by atoms with van der Waals surface area (Å²) in [5, 5.41) is 12.9. The molecule has 112 valence electrons. The quantitative estimate of drug-likeness (QED) is 0.804. The van der Waals surface area contributed by atoms with Gasteiger partial charge in [0.15, 0.2) is 0 Å². The molecule has 0 radical (unpaired) electrons. The highest BCUT2D eigenvalue weighted by molar-refractivity contribution is 5.36. The Morgan fingerprint density at radius 1 is 1.30 bits per heavy atom. The van der Waals surface area contributed by atoms with Gasteiger partial charge >= 0.3 is 0 Å². The molecule has 3 nitrogen and oxygen atoms in total. The Kier molecular flexibility index (Phi) is 5.86. The highest BCUT2D eigenvalue weighted by atomic mass is 16.5. The summed E-state index contributed by atoms with van der Waals surface area (Å²) in [6.07, 6.45) is 5.22. The van der Waals surface area contributed by atoms with E-state index in [1.54, 1.807) is 7.11 Å². The Labute approximate surface area is 122 Å². The molecule has 3 heteroatoms. The van der Waals surface area contributed by atoms with Crippen LogP contribution in [0.25, 0.3) is 0 Å². The van der Waals surface area contributed by atoms with Gasteiger partial charge in [0.1, 0.15) is 5.75 Å². The molecule has 0 bridgehead atoms. The van der Waals surface area contributed by atoms with Crippen molar-refractivity contribution in [3.05, 3.63) is 29.8 Å². The molecule has 1 aliphatic rings. The molecule has 0 saturated heterocycles. The van der Waals surface area contributed by atoms with E-state index in [1.807, 2.05) is 12.1 Å². The number of ether oxygens (including phenoxy) is 1. The fourth-order valence-electron chi connectivity index (χ4n) is 3.14. The predicted octanol–water partition coefficient (Wildman–Crippen LogP) is 3.14. The van der Waals surface area contributed by atoms with Crippen LogP contribution in [-0.4, -0.2) is 25.4 Å². The molecule has 0 spiro atoms. The van der Waals surface area contributed by atoms with E-state index in [-0.39, 0.29) is 12.5 Å². The van der Waals surface area contributed by atoms with E-state index in [2.05, 4.69) is 24.4 Å². The molecule has 0 aromatic heterocycles. The van der Waals surface area contributed by atoms with Gasteiger partial charge in [0.25, 0.3) is 0 Å². The van der Waals surface area contributed by atoms with Crippen molar-refractivity contribution in [1.29, 1.82) is 0 Å².